The second-order valence-corrected chi connectivity index (χ2v) is 5.33. The molecule has 0 heterocycles. The molecule has 1 N–H and O–H groups in total. The highest BCUT2D eigenvalue weighted by Gasteiger charge is 2.22. The first-order valence-corrected chi connectivity index (χ1v) is 8.02. The molecule has 2 nitrogen and oxygen atoms in total. The van der Waals surface area contributed by atoms with Crippen molar-refractivity contribution in [1.82, 2.24) is 5.32 Å². The first kappa shape index (κ1) is 17.9. The molecule has 0 amide bonds. The van der Waals surface area contributed by atoms with Gasteiger partial charge in [0.15, 0.2) is 0 Å². The van der Waals surface area contributed by atoms with Crippen LogP contribution in [0.5, 0.6) is 0 Å². The Hall–Kier alpha value is -0.0800. The molecule has 18 heavy (non-hydrogen) atoms. The van der Waals surface area contributed by atoms with Crippen LogP contribution >= 0.6 is 0 Å². The maximum atomic E-state index is 5.92. The normalized spacial score (nSPS) is 16.5. The minimum absolute atomic E-state index is 0.390. The van der Waals surface area contributed by atoms with Gasteiger partial charge in [-0.3, -0.25) is 0 Å². The van der Waals surface area contributed by atoms with E-state index >= 15 is 0 Å². The zero-order chi connectivity index (χ0) is 13.8. The van der Waals surface area contributed by atoms with E-state index in [0.717, 1.165) is 12.5 Å². The summed E-state index contributed by atoms with van der Waals surface area (Å²) in [7, 11) is 2.08. The molecular formula is C16H35NO. The van der Waals surface area contributed by atoms with Crippen molar-refractivity contribution in [3.05, 3.63) is 0 Å². The lowest BCUT2D eigenvalue weighted by molar-refractivity contribution is 0.0230. The lowest BCUT2D eigenvalue weighted by atomic mass is 9.89. The van der Waals surface area contributed by atoms with E-state index in [0.29, 0.717) is 12.1 Å². The van der Waals surface area contributed by atoms with Gasteiger partial charge in [0.2, 0.25) is 0 Å². The summed E-state index contributed by atoms with van der Waals surface area (Å²) >= 11 is 0. The van der Waals surface area contributed by atoms with Crippen LogP contribution in [0.15, 0.2) is 0 Å². The summed E-state index contributed by atoms with van der Waals surface area (Å²) in [6, 6.07) is 0.520. The molecule has 0 bridgehead atoms. The molecule has 0 aromatic heterocycles. The third kappa shape index (κ3) is 7.38. The monoisotopic (exact) mass is 257 g/mol. The summed E-state index contributed by atoms with van der Waals surface area (Å²) in [4.78, 5) is 0. The fraction of sp³-hybridized carbons (Fsp3) is 1.00. The van der Waals surface area contributed by atoms with E-state index in [2.05, 4.69) is 40.1 Å². The van der Waals surface area contributed by atoms with Gasteiger partial charge in [-0.25, -0.2) is 0 Å². The number of hydrogen-bond acceptors (Lipinski definition) is 2. The fourth-order valence-electron chi connectivity index (χ4n) is 2.70. The molecule has 0 aliphatic heterocycles. The molecule has 0 aromatic rings. The average Bonchev–Trinajstić information content (AvgIpc) is 2.39. The maximum absolute atomic E-state index is 5.92. The largest absolute Gasteiger partial charge is 0.377 e. The van der Waals surface area contributed by atoms with Gasteiger partial charge >= 0.3 is 0 Å². The van der Waals surface area contributed by atoms with Crippen LogP contribution in [0, 0.1) is 5.92 Å². The van der Waals surface area contributed by atoms with Gasteiger partial charge in [-0.15, -0.1) is 0 Å². The molecule has 2 heteroatoms. The second kappa shape index (κ2) is 12.0. The van der Waals surface area contributed by atoms with E-state index < -0.39 is 0 Å². The van der Waals surface area contributed by atoms with Gasteiger partial charge in [-0.2, -0.15) is 0 Å². The van der Waals surface area contributed by atoms with Crippen molar-refractivity contribution in [2.75, 3.05) is 13.7 Å². The fourth-order valence-corrected chi connectivity index (χ4v) is 2.70. The average molecular weight is 257 g/mol. The van der Waals surface area contributed by atoms with Crippen LogP contribution in [0.3, 0.4) is 0 Å². The van der Waals surface area contributed by atoms with Gasteiger partial charge in [0.25, 0.3) is 0 Å². The second-order valence-electron chi connectivity index (χ2n) is 5.33. The molecule has 3 unspecified atom stereocenters. The summed E-state index contributed by atoms with van der Waals surface area (Å²) in [6.45, 7) is 9.77. The lowest BCUT2D eigenvalue weighted by Gasteiger charge is -2.29. The number of likely N-dealkylation sites (N-methyl/N-ethyl adjacent to an activating group) is 1. The number of nitrogens with one attached hydrogen (secondary N) is 1. The van der Waals surface area contributed by atoms with Gasteiger partial charge in [-0.05, 0) is 32.7 Å². The van der Waals surface area contributed by atoms with E-state index in [1.54, 1.807) is 0 Å². The Morgan fingerprint density at radius 3 is 2.17 bits per heavy atom. The predicted molar refractivity (Wildman–Crippen MR) is 81.1 cm³/mol. The van der Waals surface area contributed by atoms with Crippen LogP contribution in [0.25, 0.3) is 0 Å². The van der Waals surface area contributed by atoms with Crippen molar-refractivity contribution in [3.63, 3.8) is 0 Å². The molecule has 0 fully saturated rings. The Balaban J connectivity index is 4.32. The van der Waals surface area contributed by atoms with Gasteiger partial charge in [-0.1, -0.05) is 52.9 Å². The summed E-state index contributed by atoms with van der Waals surface area (Å²) in [5, 5.41) is 3.49. The Morgan fingerprint density at radius 2 is 1.72 bits per heavy atom. The Morgan fingerprint density at radius 1 is 1.00 bits per heavy atom. The molecule has 0 radical (unpaired) electrons. The molecule has 0 spiro atoms. The van der Waals surface area contributed by atoms with Crippen LogP contribution in [0.2, 0.25) is 0 Å². The zero-order valence-corrected chi connectivity index (χ0v) is 13.3. The third-order valence-electron chi connectivity index (χ3n) is 3.90. The molecule has 0 aliphatic carbocycles. The van der Waals surface area contributed by atoms with Crippen molar-refractivity contribution in [3.8, 4) is 0 Å². The highest BCUT2D eigenvalue weighted by molar-refractivity contribution is 4.78. The molecular weight excluding hydrogens is 222 g/mol. The van der Waals surface area contributed by atoms with Crippen molar-refractivity contribution in [2.45, 2.75) is 84.8 Å². The first-order chi connectivity index (χ1) is 8.73. The lowest BCUT2D eigenvalue weighted by Crippen LogP contribution is -2.41. The molecule has 3 atom stereocenters. The van der Waals surface area contributed by atoms with E-state index in [-0.39, 0.29) is 0 Å². The maximum Gasteiger partial charge on any atom is 0.0727 e. The van der Waals surface area contributed by atoms with Crippen molar-refractivity contribution in [2.24, 2.45) is 5.92 Å². The van der Waals surface area contributed by atoms with Gasteiger partial charge in [0.1, 0.15) is 0 Å². The number of ether oxygens (including phenoxy) is 1. The number of rotatable bonds is 12. The summed E-state index contributed by atoms with van der Waals surface area (Å²) < 4.78 is 5.92. The van der Waals surface area contributed by atoms with Crippen LogP contribution in [-0.4, -0.2) is 25.8 Å². The van der Waals surface area contributed by atoms with Gasteiger partial charge in [0.05, 0.1) is 6.10 Å². The van der Waals surface area contributed by atoms with E-state index in [9.17, 15) is 0 Å². The standard InChI is InChI=1S/C16H35NO/c1-6-10-12-14(8-3)13-15(17-5)16(11-7-2)18-9-4/h14-17H,6-13H2,1-5H3. The Labute approximate surface area is 115 Å². The van der Waals surface area contributed by atoms with Crippen molar-refractivity contribution >= 4 is 0 Å². The van der Waals surface area contributed by atoms with Crippen LogP contribution in [0.1, 0.15) is 72.6 Å². The highest BCUT2D eigenvalue weighted by atomic mass is 16.5. The number of unbranched alkanes of at least 4 members (excludes halogenated alkanes) is 1. The van der Waals surface area contributed by atoms with E-state index in [1.165, 1.54) is 44.9 Å². The Bertz CT molecular complexity index is 166. The van der Waals surface area contributed by atoms with Crippen LogP contribution < -0.4 is 5.32 Å². The summed E-state index contributed by atoms with van der Waals surface area (Å²) in [5.74, 6) is 0.849. The van der Waals surface area contributed by atoms with Gasteiger partial charge in [0, 0.05) is 12.6 Å². The topological polar surface area (TPSA) is 21.3 Å². The summed E-state index contributed by atoms with van der Waals surface area (Å²) in [6.07, 6.45) is 9.36. The molecule has 0 rings (SSSR count). The first-order valence-electron chi connectivity index (χ1n) is 8.02. The Kier molecular flexibility index (Phi) is 11.9. The molecule has 0 saturated carbocycles. The minimum atomic E-state index is 0.390. The summed E-state index contributed by atoms with van der Waals surface area (Å²) in [5.41, 5.74) is 0. The molecule has 110 valence electrons. The van der Waals surface area contributed by atoms with Gasteiger partial charge < -0.3 is 10.1 Å². The van der Waals surface area contributed by atoms with Crippen molar-refractivity contribution < 1.29 is 4.74 Å². The predicted octanol–water partition coefficient (Wildman–Crippen LogP) is 4.39. The SMILES string of the molecule is CCCCC(CC)CC(NC)C(CCC)OCC. The van der Waals surface area contributed by atoms with Crippen LogP contribution in [-0.2, 0) is 4.74 Å². The number of hydrogen-bond donors (Lipinski definition) is 1. The van der Waals surface area contributed by atoms with Crippen molar-refractivity contribution in [1.29, 1.82) is 0 Å². The zero-order valence-electron chi connectivity index (χ0n) is 13.3. The minimum Gasteiger partial charge on any atom is -0.377 e. The van der Waals surface area contributed by atoms with E-state index in [4.69, 9.17) is 4.74 Å². The van der Waals surface area contributed by atoms with E-state index in [1.807, 2.05) is 0 Å². The third-order valence-corrected chi connectivity index (χ3v) is 3.90. The highest BCUT2D eigenvalue weighted by Crippen LogP contribution is 2.22. The quantitative estimate of drug-likeness (QED) is 0.560. The molecule has 0 aliphatic rings. The molecule has 0 aromatic carbocycles. The van der Waals surface area contributed by atoms with Crippen LogP contribution in [0.4, 0.5) is 0 Å². The smallest absolute Gasteiger partial charge is 0.0727 e. The molecule has 0 saturated heterocycles.